The van der Waals surface area contributed by atoms with E-state index in [0.29, 0.717) is 17.4 Å². The summed E-state index contributed by atoms with van der Waals surface area (Å²) in [6.07, 6.45) is 14.5. The highest BCUT2D eigenvalue weighted by Gasteiger charge is 2.37. The van der Waals surface area contributed by atoms with Crippen LogP contribution in [0.1, 0.15) is 35.2 Å². The van der Waals surface area contributed by atoms with Crippen molar-refractivity contribution in [2.75, 3.05) is 4.90 Å². The fourth-order valence-corrected chi connectivity index (χ4v) is 7.97. The molecule has 1 aliphatic heterocycles. The van der Waals surface area contributed by atoms with Crippen molar-refractivity contribution >= 4 is 28.4 Å². The predicted molar refractivity (Wildman–Crippen MR) is 194 cm³/mol. The lowest BCUT2D eigenvalue weighted by atomic mass is 9.91. The third-order valence-electron chi connectivity index (χ3n) is 10.1. The Labute approximate surface area is 275 Å². The molecule has 1 aromatic heterocycles. The first kappa shape index (κ1) is 27.5. The Hall–Kier alpha value is -5.85. The van der Waals surface area contributed by atoms with Crippen molar-refractivity contribution < 1.29 is 0 Å². The molecule has 0 amide bonds. The third-order valence-corrected chi connectivity index (χ3v) is 10.1. The highest BCUT2D eigenvalue weighted by molar-refractivity contribution is 5.95. The molecule has 0 saturated heterocycles. The lowest BCUT2D eigenvalue weighted by molar-refractivity contribution is 0.691. The van der Waals surface area contributed by atoms with Crippen molar-refractivity contribution in [2.24, 2.45) is 5.92 Å². The zero-order valence-electron chi connectivity index (χ0n) is 26.2. The van der Waals surface area contributed by atoms with Gasteiger partial charge in [-0.2, -0.15) is 5.26 Å². The Balaban J connectivity index is 1.10. The third kappa shape index (κ3) is 4.33. The molecule has 47 heavy (non-hydrogen) atoms. The number of nitriles is 1. The van der Waals surface area contributed by atoms with Crippen LogP contribution in [0.3, 0.4) is 0 Å². The molecule has 0 saturated carbocycles. The molecule has 6 aromatic rings. The minimum absolute atomic E-state index is 0.273. The summed E-state index contributed by atoms with van der Waals surface area (Å²) in [6, 6.07) is 43.9. The van der Waals surface area contributed by atoms with Crippen LogP contribution in [0.25, 0.3) is 44.9 Å². The Morgan fingerprint density at radius 1 is 0.702 bits per heavy atom. The van der Waals surface area contributed by atoms with E-state index < -0.39 is 0 Å². The zero-order chi connectivity index (χ0) is 31.5. The number of nitrogens with zero attached hydrogens (tertiary/aromatic N) is 3. The molecule has 3 unspecified atom stereocenters. The summed E-state index contributed by atoms with van der Waals surface area (Å²) in [6.45, 7) is 2.28. The maximum atomic E-state index is 10.5. The summed E-state index contributed by atoms with van der Waals surface area (Å²) in [7, 11) is 0. The van der Waals surface area contributed by atoms with Gasteiger partial charge in [-0.25, -0.2) is 0 Å². The fraction of sp³-hybridized carbons (Fsp3) is 0.114. The second-order valence-electron chi connectivity index (χ2n) is 12.9. The summed E-state index contributed by atoms with van der Waals surface area (Å²) >= 11 is 0. The minimum atomic E-state index is 0.273. The number of rotatable bonds is 4. The van der Waals surface area contributed by atoms with Crippen LogP contribution in [-0.2, 0) is 6.42 Å². The van der Waals surface area contributed by atoms with Gasteiger partial charge in [-0.05, 0) is 65.4 Å². The number of hydrogen-bond donors (Lipinski definition) is 0. The maximum Gasteiger partial charge on any atom is 0.0998 e. The lowest BCUT2D eigenvalue weighted by Crippen LogP contribution is -2.28. The van der Waals surface area contributed by atoms with E-state index in [1.54, 1.807) is 0 Å². The summed E-state index contributed by atoms with van der Waals surface area (Å²) in [4.78, 5) is 2.45. The zero-order valence-corrected chi connectivity index (χ0v) is 26.2. The van der Waals surface area contributed by atoms with Crippen molar-refractivity contribution in [1.82, 2.24) is 4.57 Å². The number of benzene rings is 5. The molecule has 0 bridgehead atoms. The summed E-state index contributed by atoms with van der Waals surface area (Å²) < 4.78 is 2.42. The molecule has 9 rings (SSSR count). The molecule has 3 nitrogen and oxygen atoms in total. The van der Waals surface area contributed by atoms with Crippen molar-refractivity contribution in [3.05, 3.63) is 168 Å². The van der Waals surface area contributed by atoms with Crippen molar-refractivity contribution in [3.8, 4) is 34.0 Å². The van der Waals surface area contributed by atoms with Gasteiger partial charge in [0.2, 0.25) is 0 Å². The van der Waals surface area contributed by atoms with Crippen molar-refractivity contribution in [3.63, 3.8) is 0 Å². The van der Waals surface area contributed by atoms with Gasteiger partial charge in [-0.1, -0.05) is 122 Å². The van der Waals surface area contributed by atoms with E-state index in [0.717, 1.165) is 34.4 Å². The Bertz CT molecular complexity index is 2330. The Morgan fingerprint density at radius 3 is 2.32 bits per heavy atom. The van der Waals surface area contributed by atoms with Gasteiger partial charge in [-0.15, -0.1) is 0 Å². The highest BCUT2D eigenvalue weighted by atomic mass is 15.2. The van der Waals surface area contributed by atoms with E-state index >= 15 is 0 Å². The average molecular weight is 604 g/mol. The van der Waals surface area contributed by atoms with Crippen LogP contribution in [0.15, 0.2) is 146 Å². The minimum Gasteiger partial charge on any atom is -0.333 e. The van der Waals surface area contributed by atoms with E-state index in [2.05, 4.69) is 168 Å². The number of allylic oxidation sites excluding steroid dienone is 3. The summed E-state index contributed by atoms with van der Waals surface area (Å²) in [5, 5.41) is 11.7. The topological polar surface area (TPSA) is 32.0 Å². The standard InChI is InChI=1S/C44H33N3/c1-29-18-24-39-38-13-5-9-17-43(38)47(44(39)26-29)42-16-8-2-10-35(42)34-25-21-31(27-32(34)28-45)30-19-22-33(23-20-30)46-40-14-6-3-11-36(40)37-12-4-7-15-41(37)46/h2-25,27,29,36,40H,26H2,1H3. The number of para-hydroxylation sites is 3. The molecule has 0 fully saturated rings. The predicted octanol–water partition coefficient (Wildman–Crippen LogP) is 10.8. The molecule has 224 valence electrons. The first-order valence-corrected chi connectivity index (χ1v) is 16.5. The van der Waals surface area contributed by atoms with Gasteiger partial charge >= 0.3 is 0 Å². The van der Waals surface area contributed by atoms with Crippen LogP contribution in [0.2, 0.25) is 0 Å². The first-order chi connectivity index (χ1) is 23.2. The normalized spacial score (nSPS) is 19.0. The van der Waals surface area contributed by atoms with E-state index in [4.69, 9.17) is 0 Å². The van der Waals surface area contributed by atoms with Gasteiger partial charge in [0.25, 0.3) is 0 Å². The SMILES string of the molecule is CC1C=Cc2c(n(-c3ccccc3-c3ccc(-c4ccc(N5c6ccccc6C6C=CC=CC65)cc4)cc3C#N)c3ccccc23)C1. The smallest absolute Gasteiger partial charge is 0.0998 e. The van der Waals surface area contributed by atoms with Crippen molar-refractivity contribution in [1.29, 1.82) is 5.26 Å². The number of fused-ring (bicyclic) bond motifs is 6. The lowest BCUT2D eigenvalue weighted by Gasteiger charge is -2.28. The summed E-state index contributed by atoms with van der Waals surface area (Å²) in [5.74, 6) is 0.829. The molecule has 5 aromatic carbocycles. The molecule has 0 radical (unpaired) electrons. The number of anilines is 2. The van der Waals surface area contributed by atoms with Gasteiger partial charge in [0.05, 0.1) is 28.9 Å². The van der Waals surface area contributed by atoms with Gasteiger partial charge in [0.1, 0.15) is 0 Å². The summed E-state index contributed by atoms with van der Waals surface area (Å²) in [5.41, 5.74) is 13.6. The maximum absolute atomic E-state index is 10.5. The Kier molecular flexibility index (Phi) is 6.37. The van der Waals surface area contributed by atoms with Gasteiger partial charge in [0, 0.05) is 45.1 Å². The molecular weight excluding hydrogens is 571 g/mol. The molecule has 0 spiro atoms. The molecule has 3 aliphatic rings. The quantitative estimate of drug-likeness (QED) is 0.201. The van der Waals surface area contributed by atoms with Crippen LogP contribution < -0.4 is 4.90 Å². The fourth-order valence-electron chi connectivity index (χ4n) is 7.97. The first-order valence-electron chi connectivity index (χ1n) is 16.5. The second-order valence-corrected chi connectivity index (χ2v) is 12.9. The number of hydrogen-bond acceptors (Lipinski definition) is 2. The van der Waals surface area contributed by atoms with E-state index in [9.17, 15) is 5.26 Å². The molecule has 3 heteroatoms. The highest BCUT2D eigenvalue weighted by Crippen LogP contribution is 2.48. The van der Waals surface area contributed by atoms with E-state index in [1.165, 1.54) is 39.1 Å². The Morgan fingerprint density at radius 2 is 1.45 bits per heavy atom. The van der Waals surface area contributed by atoms with Gasteiger partial charge in [0.15, 0.2) is 0 Å². The molecule has 2 heterocycles. The van der Waals surface area contributed by atoms with Crippen LogP contribution in [-0.4, -0.2) is 10.6 Å². The van der Waals surface area contributed by atoms with Crippen molar-refractivity contribution in [2.45, 2.75) is 25.3 Å². The monoisotopic (exact) mass is 603 g/mol. The largest absolute Gasteiger partial charge is 0.333 e. The molecular formula is C44H33N3. The molecule has 2 aliphatic carbocycles. The van der Waals surface area contributed by atoms with E-state index in [-0.39, 0.29) is 6.04 Å². The van der Waals surface area contributed by atoms with Crippen LogP contribution >= 0.6 is 0 Å². The second kappa shape index (κ2) is 10.9. The molecule has 0 N–H and O–H groups in total. The van der Waals surface area contributed by atoms with Gasteiger partial charge in [-0.3, -0.25) is 0 Å². The van der Waals surface area contributed by atoms with Crippen LogP contribution in [0.5, 0.6) is 0 Å². The van der Waals surface area contributed by atoms with Crippen LogP contribution in [0, 0.1) is 17.2 Å². The van der Waals surface area contributed by atoms with E-state index in [1.807, 2.05) is 6.07 Å². The number of aromatic nitrogens is 1. The average Bonchev–Trinajstić information content (AvgIpc) is 3.64. The molecule has 3 atom stereocenters. The van der Waals surface area contributed by atoms with Crippen LogP contribution in [0.4, 0.5) is 11.4 Å². The van der Waals surface area contributed by atoms with Gasteiger partial charge < -0.3 is 9.47 Å².